The minimum absolute atomic E-state index is 0.602. The van der Waals surface area contributed by atoms with Gasteiger partial charge >= 0.3 is 0 Å². The summed E-state index contributed by atoms with van der Waals surface area (Å²) in [5, 5.41) is 5.44. The Morgan fingerprint density at radius 1 is 1.11 bits per heavy atom. The van der Waals surface area contributed by atoms with Gasteiger partial charge in [-0.3, -0.25) is 4.90 Å². The maximum absolute atomic E-state index is 6.00. The zero-order valence-electron chi connectivity index (χ0n) is 15.5. The third-order valence-corrected chi connectivity index (χ3v) is 4.88. The van der Waals surface area contributed by atoms with E-state index >= 15 is 0 Å². The zero-order chi connectivity index (χ0) is 19.2. The van der Waals surface area contributed by atoms with E-state index in [1.807, 2.05) is 70.9 Å². The molecule has 0 aliphatic heterocycles. The molecule has 0 saturated heterocycles. The lowest BCUT2D eigenvalue weighted by atomic mass is 10.2. The van der Waals surface area contributed by atoms with Gasteiger partial charge < -0.3 is 9.30 Å². The molecule has 3 rings (SSSR count). The topological polar surface area (TPSA) is 35.2 Å². The molecule has 5 nitrogen and oxygen atoms in total. The molecule has 1 heterocycles. The van der Waals surface area contributed by atoms with E-state index in [4.69, 9.17) is 33.7 Å². The molecular formula is C20H23ClN4OS. The van der Waals surface area contributed by atoms with Crippen LogP contribution in [-0.2, 0) is 13.2 Å². The Labute approximate surface area is 169 Å². The van der Waals surface area contributed by atoms with E-state index in [9.17, 15) is 0 Å². The molecule has 0 aliphatic carbocycles. The smallest absolute Gasteiger partial charge is 0.199 e. The predicted octanol–water partition coefficient (Wildman–Crippen LogP) is 4.72. The molecule has 0 aliphatic rings. The number of para-hydroxylation sites is 1. The number of aromatic nitrogens is 3. The molecule has 0 amide bonds. The summed E-state index contributed by atoms with van der Waals surface area (Å²) in [4.78, 5) is 2.14. The maximum Gasteiger partial charge on any atom is 0.199 e. The van der Waals surface area contributed by atoms with Crippen LogP contribution in [-0.4, -0.2) is 39.4 Å². The Morgan fingerprint density at radius 3 is 2.48 bits per heavy atom. The van der Waals surface area contributed by atoms with Crippen molar-refractivity contribution in [3.8, 4) is 17.1 Å². The fourth-order valence-corrected chi connectivity index (χ4v) is 3.21. The molecule has 3 aromatic rings. The number of ether oxygens (including phenoxy) is 1. The average Bonchev–Trinajstić information content (AvgIpc) is 2.98. The van der Waals surface area contributed by atoms with Crippen molar-refractivity contribution in [3.05, 3.63) is 64.4 Å². The van der Waals surface area contributed by atoms with Crippen LogP contribution in [0.2, 0.25) is 5.02 Å². The number of likely N-dealkylation sites (N-methyl/N-ethyl adjacent to an activating group) is 1. The molecule has 0 fully saturated rings. The highest BCUT2D eigenvalue weighted by atomic mass is 35.5. The lowest BCUT2D eigenvalue weighted by Crippen LogP contribution is -2.27. The number of rotatable bonds is 8. The van der Waals surface area contributed by atoms with Crippen LogP contribution in [0.5, 0.6) is 5.75 Å². The normalized spacial score (nSPS) is 11.1. The van der Waals surface area contributed by atoms with Crippen LogP contribution < -0.4 is 4.74 Å². The molecule has 2 aromatic carbocycles. The van der Waals surface area contributed by atoms with Crippen LogP contribution in [0.3, 0.4) is 0 Å². The lowest BCUT2D eigenvalue weighted by Gasteiger charge is -2.16. The van der Waals surface area contributed by atoms with Gasteiger partial charge in [0.05, 0.1) is 6.67 Å². The minimum Gasteiger partial charge on any atom is -0.492 e. The molecule has 0 bridgehead atoms. The second-order valence-electron chi connectivity index (χ2n) is 6.24. The molecular weight excluding hydrogens is 380 g/mol. The first kappa shape index (κ1) is 19.6. The van der Waals surface area contributed by atoms with Gasteiger partial charge in [-0.15, -0.1) is 0 Å². The van der Waals surface area contributed by atoms with Crippen molar-refractivity contribution in [1.29, 1.82) is 0 Å². The van der Waals surface area contributed by atoms with E-state index in [2.05, 4.69) is 11.8 Å². The maximum atomic E-state index is 6.00. The number of benzene rings is 2. The Kier molecular flexibility index (Phi) is 6.66. The summed E-state index contributed by atoms with van der Waals surface area (Å²) < 4.78 is 10.4. The van der Waals surface area contributed by atoms with Crippen LogP contribution in [0.4, 0.5) is 0 Å². The summed E-state index contributed by atoms with van der Waals surface area (Å²) in [7, 11) is 2.03. The zero-order valence-corrected chi connectivity index (χ0v) is 17.1. The minimum atomic E-state index is 0.602. The van der Waals surface area contributed by atoms with E-state index in [1.165, 1.54) is 0 Å². The van der Waals surface area contributed by atoms with Gasteiger partial charge in [-0.25, -0.2) is 4.68 Å². The number of nitrogens with zero attached hydrogens (tertiary/aromatic N) is 4. The second kappa shape index (κ2) is 9.17. The lowest BCUT2D eigenvalue weighted by molar-refractivity contribution is 0.197. The first-order chi connectivity index (χ1) is 13.1. The Hall–Kier alpha value is -2.15. The summed E-state index contributed by atoms with van der Waals surface area (Å²) in [6, 6.07) is 17.5. The van der Waals surface area contributed by atoms with Crippen molar-refractivity contribution in [2.45, 2.75) is 20.1 Å². The number of hydrogen-bond acceptors (Lipinski definition) is 4. The molecule has 0 radical (unpaired) electrons. The highest BCUT2D eigenvalue weighted by Crippen LogP contribution is 2.21. The largest absolute Gasteiger partial charge is 0.492 e. The summed E-state index contributed by atoms with van der Waals surface area (Å²) in [5.41, 5.74) is 1.00. The predicted molar refractivity (Wildman–Crippen MR) is 112 cm³/mol. The van der Waals surface area contributed by atoms with Crippen molar-refractivity contribution in [3.63, 3.8) is 0 Å². The molecule has 0 atom stereocenters. The van der Waals surface area contributed by atoms with Gasteiger partial charge in [0.1, 0.15) is 12.4 Å². The van der Waals surface area contributed by atoms with Crippen molar-refractivity contribution in [2.24, 2.45) is 0 Å². The van der Waals surface area contributed by atoms with Gasteiger partial charge in [0, 0.05) is 23.7 Å². The third kappa shape index (κ3) is 4.97. The fraction of sp³-hybridized carbons (Fsp3) is 0.300. The van der Waals surface area contributed by atoms with E-state index in [0.29, 0.717) is 23.1 Å². The molecule has 0 saturated carbocycles. The fourth-order valence-electron chi connectivity index (χ4n) is 2.77. The Morgan fingerprint density at radius 2 is 1.81 bits per heavy atom. The van der Waals surface area contributed by atoms with Gasteiger partial charge in [-0.05, 0) is 62.6 Å². The second-order valence-corrected chi connectivity index (χ2v) is 7.04. The van der Waals surface area contributed by atoms with Gasteiger partial charge in [0.25, 0.3) is 0 Å². The molecule has 1 aromatic heterocycles. The van der Waals surface area contributed by atoms with Crippen LogP contribution in [0.25, 0.3) is 11.4 Å². The first-order valence-corrected chi connectivity index (χ1v) is 9.67. The molecule has 7 heteroatoms. The van der Waals surface area contributed by atoms with E-state index in [1.54, 1.807) is 0 Å². The Bertz CT molecular complexity index is 921. The summed E-state index contributed by atoms with van der Waals surface area (Å²) >= 11 is 11.6. The SMILES string of the molecule is CCn1c(-c2ccc(Cl)cc2)nn(CN(C)CCOc2ccccc2)c1=S. The first-order valence-electron chi connectivity index (χ1n) is 8.88. The van der Waals surface area contributed by atoms with Gasteiger partial charge in [0.2, 0.25) is 0 Å². The summed E-state index contributed by atoms with van der Waals surface area (Å²) in [5.74, 6) is 1.73. The van der Waals surface area contributed by atoms with Gasteiger partial charge in [0.15, 0.2) is 10.6 Å². The molecule has 0 spiro atoms. The molecule has 142 valence electrons. The molecule has 0 N–H and O–H groups in total. The quantitative estimate of drug-likeness (QED) is 0.510. The molecule has 27 heavy (non-hydrogen) atoms. The summed E-state index contributed by atoms with van der Waals surface area (Å²) in [6.45, 7) is 4.80. The van der Waals surface area contributed by atoms with Crippen molar-refractivity contribution < 1.29 is 4.74 Å². The van der Waals surface area contributed by atoms with Gasteiger partial charge in [-0.1, -0.05) is 29.8 Å². The average molecular weight is 403 g/mol. The van der Waals surface area contributed by atoms with Crippen LogP contribution in [0.15, 0.2) is 54.6 Å². The third-order valence-electron chi connectivity index (χ3n) is 4.20. The van der Waals surface area contributed by atoms with Crippen LogP contribution >= 0.6 is 23.8 Å². The van der Waals surface area contributed by atoms with E-state index in [-0.39, 0.29) is 0 Å². The van der Waals surface area contributed by atoms with Crippen molar-refractivity contribution in [2.75, 3.05) is 20.2 Å². The van der Waals surface area contributed by atoms with E-state index in [0.717, 1.165) is 30.2 Å². The van der Waals surface area contributed by atoms with Crippen LogP contribution in [0.1, 0.15) is 6.92 Å². The summed E-state index contributed by atoms with van der Waals surface area (Å²) in [6.07, 6.45) is 0. The van der Waals surface area contributed by atoms with E-state index < -0.39 is 0 Å². The molecule has 0 unspecified atom stereocenters. The highest BCUT2D eigenvalue weighted by Gasteiger charge is 2.13. The van der Waals surface area contributed by atoms with Crippen molar-refractivity contribution >= 4 is 23.8 Å². The monoisotopic (exact) mass is 402 g/mol. The standard InChI is InChI=1S/C20H23ClN4OS/c1-3-24-19(16-9-11-17(21)12-10-16)22-25(20(24)27)15-23(2)13-14-26-18-7-5-4-6-8-18/h4-12H,3,13-15H2,1-2H3. The van der Waals surface area contributed by atoms with Crippen molar-refractivity contribution in [1.82, 2.24) is 19.2 Å². The number of halogens is 1. The Balaban J connectivity index is 1.67. The van der Waals surface area contributed by atoms with Gasteiger partial charge in [-0.2, -0.15) is 5.10 Å². The highest BCUT2D eigenvalue weighted by molar-refractivity contribution is 7.71. The number of hydrogen-bond donors (Lipinski definition) is 0. The van der Waals surface area contributed by atoms with Crippen LogP contribution in [0, 0.1) is 4.77 Å².